The molecule has 1 amide bonds. The molecule has 2 rings (SSSR count). The lowest BCUT2D eigenvalue weighted by Crippen LogP contribution is -2.33. The van der Waals surface area contributed by atoms with Crippen LogP contribution >= 0.6 is 0 Å². The molecule has 2 N–H and O–H groups in total. The van der Waals surface area contributed by atoms with Crippen molar-refractivity contribution in [3.63, 3.8) is 0 Å². The average Bonchev–Trinajstić information content (AvgIpc) is 2.94. The monoisotopic (exact) mass is 294 g/mol. The van der Waals surface area contributed by atoms with E-state index in [-0.39, 0.29) is 23.4 Å². The van der Waals surface area contributed by atoms with Gasteiger partial charge in [-0.25, -0.2) is 4.98 Å². The average molecular weight is 294 g/mol. The van der Waals surface area contributed by atoms with Gasteiger partial charge < -0.3 is 15.4 Å². The molecule has 0 spiro atoms. The number of aromatic nitrogens is 1. The van der Waals surface area contributed by atoms with Gasteiger partial charge in [0.05, 0.1) is 11.0 Å². The fourth-order valence-electron chi connectivity index (χ4n) is 2.46. The van der Waals surface area contributed by atoms with E-state index >= 15 is 0 Å². The number of ether oxygens (including phenoxy) is 1. The van der Waals surface area contributed by atoms with Crippen LogP contribution in [0.4, 0.5) is 11.5 Å². The summed E-state index contributed by atoms with van der Waals surface area (Å²) in [5.41, 5.74) is -0.284. The van der Waals surface area contributed by atoms with Gasteiger partial charge in [0.15, 0.2) is 0 Å². The van der Waals surface area contributed by atoms with Crippen molar-refractivity contribution in [2.24, 2.45) is 0 Å². The number of carbonyl (C=O) groups excluding carboxylic acids is 1. The molecule has 0 bridgehead atoms. The third-order valence-electron chi connectivity index (χ3n) is 3.63. The molecule has 1 heterocycles. The Hall–Kier alpha value is -2.22. The molecule has 0 radical (unpaired) electrons. The van der Waals surface area contributed by atoms with Crippen LogP contribution in [0.15, 0.2) is 12.3 Å². The maximum absolute atomic E-state index is 12.3. The minimum Gasteiger partial charge on any atom is -0.381 e. The summed E-state index contributed by atoms with van der Waals surface area (Å²) < 4.78 is 5.25. The summed E-state index contributed by atoms with van der Waals surface area (Å²) in [4.78, 5) is 26.5. The molecule has 8 nitrogen and oxygen atoms in total. The minimum atomic E-state index is -0.603. The maximum Gasteiger partial charge on any atom is 0.300 e. The second kappa shape index (κ2) is 6.49. The molecule has 0 aromatic carbocycles. The summed E-state index contributed by atoms with van der Waals surface area (Å²) in [5.74, 6) is -0.0470. The van der Waals surface area contributed by atoms with E-state index in [0.717, 1.165) is 25.5 Å². The summed E-state index contributed by atoms with van der Waals surface area (Å²) in [5, 5.41) is 16.6. The van der Waals surface area contributed by atoms with Crippen LogP contribution in [0.3, 0.4) is 0 Å². The quantitative estimate of drug-likeness (QED) is 0.626. The largest absolute Gasteiger partial charge is 0.381 e. The van der Waals surface area contributed by atoms with Crippen molar-refractivity contribution in [1.29, 1.82) is 0 Å². The molecule has 1 aromatic rings. The van der Waals surface area contributed by atoms with Crippen LogP contribution in [-0.2, 0) is 4.74 Å². The predicted octanol–water partition coefficient (Wildman–Crippen LogP) is 1.33. The first-order chi connectivity index (χ1) is 10.0. The second-order valence-corrected chi connectivity index (χ2v) is 4.93. The molecular formula is C13H18N4O4. The van der Waals surface area contributed by atoms with Gasteiger partial charge in [0.1, 0.15) is 17.6 Å². The van der Waals surface area contributed by atoms with Crippen molar-refractivity contribution in [2.45, 2.75) is 31.4 Å². The number of anilines is 1. The molecule has 1 aliphatic rings. The van der Waals surface area contributed by atoms with Crippen molar-refractivity contribution in [2.75, 3.05) is 19.5 Å². The van der Waals surface area contributed by atoms with Gasteiger partial charge in [-0.3, -0.25) is 14.9 Å². The first-order valence-corrected chi connectivity index (χ1v) is 6.71. The molecule has 0 saturated heterocycles. The number of nitro groups is 1. The third kappa shape index (κ3) is 3.46. The van der Waals surface area contributed by atoms with Gasteiger partial charge in [-0.15, -0.1) is 0 Å². The number of rotatable bonds is 5. The topological polar surface area (TPSA) is 106 Å². The zero-order valence-electron chi connectivity index (χ0n) is 12.0. The molecule has 0 aliphatic heterocycles. The molecule has 114 valence electrons. The van der Waals surface area contributed by atoms with Crippen molar-refractivity contribution >= 4 is 17.4 Å². The van der Waals surface area contributed by atoms with Crippen molar-refractivity contribution in [3.05, 3.63) is 27.9 Å². The molecule has 2 unspecified atom stereocenters. The number of hydrogen-bond acceptors (Lipinski definition) is 6. The van der Waals surface area contributed by atoms with Gasteiger partial charge in [0.2, 0.25) is 0 Å². The Kier molecular flexibility index (Phi) is 4.69. The summed E-state index contributed by atoms with van der Waals surface area (Å²) in [6.45, 7) is 0. The number of nitrogens with one attached hydrogen (secondary N) is 2. The van der Waals surface area contributed by atoms with Crippen LogP contribution in [0.5, 0.6) is 0 Å². The number of amides is 1. The van der Waals surface area contributed by atoms with Crippen LogP contribution in [0.1, 0.15) is 29.6 Å². The van der Waals surface area contributed by atoms with Crippen molar-refractivity contribution < 1.29 is 14.5 Å². The molecule has 1 saturated carbocycles. The van der Waals surface area contributed by atoms with Gasteiger partial charge in [-0.05, 0) is 19.3 Å². The molecular weight excluding hydrogens is 276 g/mol. The lowest BCUT2D eigenvalue weighted by molar-refractivity contribution is -0.385. The highest BCUT2D eigenvalue weighted by Crippen LogP contribution is 2.24. The Morgan fingerprint density at radius 2 is 2.29 bits per heavy atom. The van der Waals surface area contributed by atoms with Gasteiger partial charge in [-0.1, -0.05) is 0 Å². The van der Waals surface area contributed by atoms with E-state index in [9.17, 15) is 14.9 Å². The zero-order chi connectivity index (χ0) is 15.4. The molecule has 21 heavy (non-hydrogen) atoms. The lowest BCUT2D eigenvalue weighted by Gasteiger charge is -2.13. The fraction of sp³-hybridized carbons (Fsp3) is 0.538. The highest BCUT2D eigenvalue weighted by atomic mass is 16.6. The highest BCUT2D eigenvalue weighted by Gasteiger charge is 2.28. The normalized spacial score (nSPS) is 21.0. The molecule has 1 aromatic heterocycles. The minimum absolute atomic E-state index is 0.0141. The van der Waals surface area contributed by atoms with E-state index in [2.05, 4.69) is 15.6 Å². The lowest BCUT2D eigenvalue weighted by atomic mass is 10.1. The molecule has 1 aliphatic carbocycles. The first-order valence-electron chi connectivity index (χ1n) is 6.71. The predicted molar refractivity (Wildman–Crippen MR) is 76.3 cm³/mol. The number of methoxy groups -OCH3 is 1. The van der Waals surface area contributed by atoms with Crippen LogP contribution in [0.2, 0.25) is 0 Å². The Balaban J connectivity index is 2.16. The Bertz CT molecular complexity index is 549. The van der Waals surface area contributed by atoms with E-state index in [1.807, 2.05) is 0 Å². The smallest absolute Gasteiger partial charge is 0.300 e. The van der Waals surface area contributed by atoms with E-state index in [4.69, 9.17) is 4.74 Å². The Morgan fingerprint density at radius 3 is 2.86 bits per heavy atom. The number of nitrogens with zero attached hydrogens (tertiary/aromatic N) is 2. The third-order valence-corrected chi connectivity index (χ3v) is 3.63. The van der Waals surface area contributed by atoms with Gasteiger partial charge in [0, 0.05) is 26.3 Å². The first kappa shape index (κ1) is 15.2. The van der Waals surface area contributed by atoms with E-state index < -0.39 is 10.8 Å². The van der Waals surface area contributed by atoms with Crippen LogP contribution in [0.25, 0.3) is 0 Å². The SMILES string of the molecule is CNc1cc(C(=O)NC2CCC(OC)C2)c([N+](=O)[O-])cn1. The number of pyridine rings is 1. The van der Waals surface area contributed by atoms with Gasteiger partial charge >= 0.3 is 0 Å². The fourth-order valence-corrected chi connectivity index (χ4v) is 2.46. The Morgan fingerprint density at radius 1 is 1.52 bits per heavy atom. The summed E-state index contributed by atoms with van der Waals surface area (Å²) >= 11 is 0. The highest BCUT2D eigenvalue weighted by molar-refractivity contribution is 5.98. The van der Waals surface area contributed by atoms with E-state index in [1.165, 1.54) is 6.07 Å². The van der Waals surface area contributed by atoms with Gasteiger partial charge in [-0.2, -0.15) is 0 Å². The van der Waals surface area contributed by atoms with Gasteiger partial charge in [0.25, 0.3) is 11.6 Å². The van der Waals surface area contributed by atoms with Crippen LogP contribution < -0.4 is 10.6 Å². The Labute approximate surface area is 122 Å². The molecule has 2 atom stereocenters. The van der Waals surface area contributed by atoms with Crippen molar-refractivity contribution in [1.82, 2.24) is 10.3 Å². The van der Waals surface area contributed by atoms with Crippen LogP contribution in [-0.4, -0.2) is 42.1 Å². The number of carbonyl (C=O) groups is 1. The molecule has 1 fully saturated rings. The van der Waals surface area contributed by atoms with Crippen molar-refractivity contribution in [3.8, 4) is 0 Å². The summed E-state index contributed by atoms with van der Waals surface area (Å²) in [6.07, 6.45) is 3.63. The standard InChI is InChI=1S/C13H18N4O4/c1-14-12-6-10(11(7-15-12)17(19)20)13(18)16-8-3-4-9(5-8)21-2/h6-9H,3-5H2,1-2H3,(H,14,15)(H,16,18). The zero-order valence-corrected chi connectivity index (χ0v) is 12.0. The molecule has 8 heteroatoms. The summed E-state index contributed by atoms with van der Waals surface area (Å²) in [6, 6.07) is 1.37. The van der Waals surface area contributed by atoms with Crippen LogP contribution in [0, 0.1) is 10.1 Å². The van der Waals surface area contributed by atoms with E-state index in [0.29, 0.717) is 5.82 Å². The number of hydrogen-bond donors (Lipinski definition) is 2. The summed E-state index contributed by atoms with van der Waals surface area (Å²) in [7, 11) is 3.28. The second-order valence-electron chi connectivity index (χ2n) is 4.93. The van der Waals surface area contributed by atoms with E-state index in [1.54, 1.807) is 14.2 Å². The maximum atomic E-state index is 12.3.